The molecule has 84 heavy (non-hydrogen) atoms. The van der Waals surface area contributed by atoms with Gasteiger partial charge in [0.25, 0.3) is 5.91 Å². The van der Waals surface area contributed by atoms with Crippen LogP contribution in [0.3, 0.4) is 0 Å². The third kappa shape index (κ3) is 12.8. The number of hydrogen-bond acceptors (Lipinski definition) is 18. The van der Waals surface area contributed by atoms with Gasteiger partial charge in [-0.25, -0.2) is 33.0 Å². The summed E-state index contributed by atoms with van der Waals surface area (Å²) in [5.74, 6) is 6.52. The molecule has 446 valence electrons. The van der Waals surface area contributed by atoms with E-state index in [1.165, 1.54) is 73.4 Å². The highest BCUT2D eigenvalue weighted by atomic mass is 33.1. The second kappa shape index (κ2) is 24.4. The van der Waals surface area contributed by atoms with Gasteiger partial charge in [0, 0.05) is 88.6 Å². The number of nitrogens with one attached hydrogen (secondary N) is 1. The summed E-state index contributed by atoms with van der Waals surface area (Å²) in [5, 5.41) is 16.6. The molecule has 0 bridgehead atoms. The van der Waals surface area contributed by atoms with Crippen LogP contribution < -0.4 is 35.8 Å². The predicted molar refractivity (Wildman–Crippen MR) is 313 cm³/mol. The number of rotatable bonds is 21. The lowest BCUT2D eigenvalue weighted by atomic mass is 9.81. The first kappa shape index (κ1) is 60.3. The number of benzene rings is 3. The normalized spacial score (nSPS) is 20.3. The van der Waals surface area contributed by atoms with Gasteiger partial charge in [-0.2, -0.15) is 8.62 Å². The summed E-state index contributed by atoms with van der Waals surface area (Å²) < 4.78 is 76.6. The summed E-state index contributed by atoms with van der Waals surface area (Å²) in [6.07, 6.45) is 9.47. The number of nitrogens with zero attached hydrogens (tertiary/aromatic N) is 5. The van der Waals surface area contributed by atoms with Gasteiger partial charge < -0.3 is 64.1 Å². The van der Waals surface area contributed by atoms with Crippen molar-refractivity contribution >= 4 is 85.0 Å². The van der Waals surface area contributed by atoms with Gasteiger partial charge in [0.05, 0.1) is 41.4 Å². The van der Waals surface area contributed by atoms with E-state index in [9.17, 15) is 38.2 Å². The Labute approximate surface area is 490 Å². The first-order valence-electron chi connectivity index (χ1n) is 27.3. The Morgan fingerprint density at radius 2 is 1.73 bits per heavy atom. The van der Waals surface area contributed by atoms with E-state index in [0.29, 0.717) is 22.2 Å². The highest BCUT2D eigenvalue weighted by Gasteiger charge is 2.44. The number of carbonyl (C=O) groups excluding carboxylic acids is 1. The summed E-state index contributed by atoms with van der Waals surface area (Å²) in [6, 6.07) is 9.51. The van der Waals surface area contributed by atoms with Crippen molar-refractivity contribution in [3.8, 4) is 23.3 Å². The molecule has 3 unspecified atom stereocenters. The molecule has 24 nitrogen and oxygen atoms in total. The number of ether oxygens (including phenoxy) is 4. The van der Waals surface area contributed by atoms with Crippen molar-refractivity contribution in [2.24, 2.45) is 0 Å². The molecular formula is C55H63N7O17P3S2+. The number of aryl methyl sites for hydroxylation is 2. The van der Waals surface area contributed by atoms with Crippen LogP contribution in [-0.2, 0) is 66.7 Å². The smallest absolute Gasteiger partial charge is 0.478 e. The first-order valence-corrected chi connectivity index (χ1v) is 34.1. The zero-order valence-corrected chi connectivity index (χ0v) is 50.2. The first-order chi connectivity index (χ1) is 40.1. The van der Waals surface area contributed by atoms with Crippen LogP contribution in [0.5, 0.6) is 11.5 Å². The molecule has 8 N–H and O–H groups in total. The van der Waals surface area contributed by atoms with E-state index in [1.807, 2.05) is 13.8 Å². The Morgan fingerprint density at radius 1 is 0.964 bits per heavy atom. The number of amides is 1. The van der Waals surface area contributed by atoms with Crippen molar-refractivity contribution in [3.05, 3.63) is 116 Å². The van der Waals surface area contributed by atoms with Crippen LogP contribution in [0.2, 0.25) is 0 Å². The fraction of sp³-hybridized carbons (Fsp3) is 0.436. The quantitative estimate of drug-likeness (QED) is 0.00794. The van der Waals surface area contributed by atoms with Gasteiger partial charge in [0.1, 0.15) is 67.3 Å². The average Bonchev–Trinajstić information content (AvgIpc) is 0.952. The number of nitrogens with two attached hydrogens (primary N) is 1. The van der Waals surface area contributed by atoms with Crippen LogP contribution in [0.4, 0.5) is 11.5 Å². The minimum atomic E-state index is -5.76. The molecule has 5 aromatic rings. The number of fused-ring (bicyclic) bond motifs is 5. The van der Waals surface area contributed by atoms with Crippen molar-refractivity contribution in [1.29, 1.82) is 0 Å². The van der Waals surface area contributed by atoms with Gasteiger partial charge in [-0.15, -0.1) is 6.58 Å². The summed E-state index contributed by atoms with van der Waals surface area (Å²) in [5.41, 5.74) is 15.9. The highest BCUT2D eigenvalue weighted by Crippen LogP contribution is 2.66. The third-order valence-corrected chi connectivity index (χ3v) is 22.1. The van der Waals surface area contributed by atoms with Crippen molar-refractivity contribution in [3.63, 3.8) is 0 Å². The maximum atomic E-state index is 14.0. The fourth-order valence-electron chi connectivity index (χ4n) is 12.0. The number of carbonyl (C=O) groups is 2. The van der Waals surface area contributed by atoms with E-state index in [0.717, 1.165) is 105 Å². The van der Waals surface area contributed by atoms with E-state index in [4.69, 9.17) is 39.0 Å². The highest BCUT2D eigenvalue weighted by molar-refractivity contribution is 8.77. The number of carboxylic acids is 1. The van der Waals surface area contributed by atoms with Crippen LogP contribution in [0.1, 0.15) is 112 Å². The lowest BCUT2D eigenvalue weighted by Crippen LogP contribution is -2.45. The van der Waals surface area contributed by atoms with E-state index < -0.39 is 65.1 Å². The molecule has 0 radical (unpaired) electrons. The molecule has 29 heteroatoms. The number of carboxylic acid groups (broad SMARTS) is 1. The largest absolute Gasteiger partial charge is 0.490 e. The summed E-state index contributed by atoms with van der Waals surface area (Å²) in [7, 11) is -13.9. The van der Waals surface area contributed by atoms with Gasteiger partial charge in [-0.05, 0) is 87.8 Å². The molecule has 0 saturated carbocycles. The van der Waals surface area contributed by atoms with Gasteiger partial charge >= 0.3 is 29.4 Å². The molecule has 6 aliphatic heterocycles. The Morgan fingerprint density at radius 3 is 2.50 bits per heavy atom. The molecular weight excluding hydrogens is 1190 g/mol. The number of phosphoric acid groups is 3. The van der Waals surface area contributed by atoms with Crippen molar-refractivity contribution in [2.45, 2.75) is 94.8 Å². The Bertz CT molecular complexity index is 3860. The van der Waals surface area contributed by atoms with Crippen LogP contribution in [0, 0.1) is 11.8 Å². The topological polar surface area (TPSA) is 326 Å². The SMILES string of the molecule is C=CCOC1C[C@H](n2cc(C#CCOCSSC(C)(C)CNC(=O)c3ccc(C4=c5cc6c7c(c5Oc5c4cc4c8c5CCCN8CCC4)CCC[N+]=7CCC6)c(C(=O)O)c3)c3c(N)ncnc32)O[C@@H]1COP(=O)(O)OP(=O)(O)OP(=O)(O)O. The van der Waals surface area contributed by atoms with Gasteiger partial charge in [-0.1, -0.05) is 45.6 Å². The summed E-state index contributed by atoms with van der Waals surface area (Å²) in [4.78, 5) is 75.8. The molecule has 3 aromatic carbocycles. The van der Waals surface area contributed by atoms with Crippen molar-refractivity contribution in [1.82, 2.24) is 24.4 Å². The molecule has 1 fully saturated rings. The molecule has 5 atom stereocenters. The van der Waals surface area contributed by atoms with Crippen LogP contribution in [-0.4, -0.2) is 127 Å². The predicted octanol–water partition coefficient (Wildman–Crippen LogP) is 6.26. The number of aromatic carboxylic acids is 1. The maximum Gasteiger partial charge on any atom is 0.490 e. The van der Waals surface area contributed by atoms with Gasteiger partial charge in [0.2, 0.25) is 5.36 Å². The number of aromatic nitrogens is 3. The van der Waals surface area contributed by atoms with Crippen LogP contribution in [0.15, 0.2) is 55.5 Å². The van der Waals surface area contributed by atoms with E-state index in [2.05, 4.69) is 63.9 Å². The maximum absolute atomic E-state index is 14.0. The fourth-order valence-corrected chi connectivity index (χ4v) is 17.2. The molecule has 0 aliphatic carbocycles. The zero-order valence-electron chi connectivity index (χ0n) is 45.9. The van der Waals surface area contributed by atoms with E-state index in [1.54, 1.807) is 22.9 Å². The lowest BCUT2D eigenvalue weighted by Gasteiger charge is -2.39. The zero-order chi connectivity index (χ0) is 59.3. The number of anilines is 2. The van der Waals surface area contributed by atoms with E-state index in [-0.39, 0.29) is 49.1 Å². The molecule has 8 heterocycles. The monoisotopic (exact) mass is 1250 g/mol. The second-order valence-corrected chi connectivity index (χ2v) is 29.0. The second-order valence-electron chi connectivity index (χ2n) is 21.6. The molecule has 6 aliphatic rings. The van der Waals surface area contributed by atoms with Crippen LogP contribution in [0.25, 0.3) is 16.6 Å². The Balaban J connectivity index is 0.739. The Kier molecular flexibility index (Phi) is 17.5. The van der Waals surface area contributed by atoms with Crippen molar-refractivity contribution < 1.29 is 80.1 Å². The Hall–Kier alpha value is -5.42. The number of phosphoric ester groups is 1. The van der Waals surface area contributed by atoms with Gasteiger partial charge in [0.15, 0.2) is 0 Å². The van der Waals surface area contributed by atoms with Crippen molar-refractivity contribution in [2.75, 3.05) is 69.1 Å². The molecule has 1 amide bonds. The minimum absolute atomic E-state index is 0.0141. The van der Waals surface area contributed by atoms with E-state index >= 15 is 0 Å². The lowest BCUT2D eigenvalue weighted by molar-refractivity contribution is -0.0549. The number of hydrogen-bond donors (Lipinski definition) is 7. The molecule has 2 aromatic heterocycles. The number of nitrogen functional groups attached to an aromatic ring is 1. The summed E-state index contributed by atoms with van der Waals surface area (Å²) in [6.45, 7) is 11.2. The summed E-state index contributed by atoms with van der Waals surface area (Å²) >= 11 is 0. The third-order valence-electron chi connectivity index (χ3n) is 15.3. The molecule has 11 rings (SSSR count). The molecule has 0 spiro atoms. The average molecular weight is 1250 g/mol. The minimum Gasteiger partial charge on any atom is -0.478 e. The molecule has 1 saturated heterocycles. The van der Waals surface area contributed by atoms with Gasteiger partial charge in [-0.3, -0.25) is 9.32 Å². The van der Waals surface area contributed by atoms with Crippen LogP contribution >= 0.6 is 45.1 Å². The standard InChI is InChI=1S/C55H62N7O17P3S2/c1-4-21-74-42-26-44(76-43(42)28-75-81(69,70)79-82(71,72)78-80(66,67)68)62-27-35(45-51(56)58-30-59-52(45)62)12-9-22-73-31-83-84-55(2,3)29-57-53(63)34-15-16-36(39(25-34)54(64)65)46-40-23-32-10-5-17-60-19-7-13-37(47(32)60)49(40)77-50-38-14-8-20-61-18-6-11-33(48(38)61)24-41(46)50/h4,15-16,23-25,27,30,42-44H,1,5-8,10-11,13-14,17-22,26,28-29,31H2,2-3H3,(H7-,56,57,58,59,63,64,65,66,67,68,69,70,71,72)/p+1/t42?,43-,44-/m1/s1.